The Morgan fingerprint density at radius 1 is 1.00 bits per heavy atom. The zero-order valence-electron chi connectivity index (χ0n) is 9.88. The monoisotopic (exact) mass is 223 g/mol. The van der Waals surface area contributed by atoms with Crippen molar-refractivity contribution in [2.24, 2.45) is 0 Å². The van der Waals surface area contributed by atoms with Gasteiger partial charge in [-0.1, -0.05) is 29.8 Å². The molecule has 0 saturated carbocycles. The zero-order valence-corrected chi connectivity index (χ0v) is 9.88. The molecular formula is C14H13N3. The highest BCUT2D eigenvalue weighted by atomic mass is 15.2. The Hall–Kier alpha value is -2.16. The van der Waals surface area contributed by atoms with E-state index in [1.54, 1.807) is 0 Å². The van der Waals surface area contributed by atoms with Crippen molar-refractivity contribution in [1.29, 1.82) is 0 Å². The third kappa shape index (κ3) is 1.60. The molecule has 0 amide bonds. The number of hydrogen-bond acceptors (Lipinski definition) is 2. The molecule has 0 radical (unpaired) electrons. The number of rotatable bonds is 1. The highest BCUT2D eigenvalue weighted by Crippen LogP contribution is 2.20. The topological polar surface area (TPSA) is 30.2 Å². The molecule has 17 heavy (non-hydrogen) atoms. The number of nitrogens with zero attached hydrogens (tertiary/aromatic N) is 3. The Labute approximate surface area is 99.7 Å². The van der Waals surface area contributed by atoms with Crippen molar-refractivity contribution in [3.8, 4) is 11.4 Å². The molecule has 2 heterocycles. The quantitative estimate of drug-likeness (QED) is 0.634. The van der Waals surface area contributed by atoms with Gasteiger partial charge in [0.2, 0.25) is 0 Å². The van der Waals surface area contributed by atoms with Gasteiger partial charge in [0.15, 0.2) is 11.5 Å². The SMILES string of the molecule is Cc1cccc(-c2nnc3c(C)cccn23)c1. The lowest BCUT2D eigenvalue weighted by atomic mass is 10.1. The van der Waals surface area contributed by atoms with Gasteiger partial charge in [0.25, 0.3) is 0 Å². The van der Waals surface area contributed by atoms with Crippen molar-refractivity contribution in [1.82, 2.24) is 14.6 Å². The number of pyridine rings is 1. The van der Waals surface area contributed by atoms with E-state index in [1.807, 2.05) is 35.7 Å². The molecule has 0 atom stereocenters. The highest BCUT2D eigenvalue weighted by Gasteiger charge is 2.08. The van der Waals surface area contributed by atoms with E-state index in [2.05, 4.69) is 35.3 Å². The predicted octanol–water partition coefficient (Wildman–Crippen LogP) is 3.01. The molecule has 2 aromatic heterocycles. The van der Waals surface area contributed by atoms with Crippen LogP contribution in [0, 0.1) is 13.8 Å². The summed E-state index contributed by atoms with van der Waals surface area (Å²) in [6, 6.07) is 12.4. The lowest BCUT2D eigenvalue weighted by Crippen LogP contribution is -1.90. The van der Waals surface area contributed by atoms with Crippen molar-refractivity contribution in [2.75, 3.05) is 0 Å². The number of hydrogen-bond donors (Lipinski definition) is 0. The van der Waals surface area contributed by atoms with Gasteiger partial charge in [-0.3, -0.25) is 4.40 Å². The van der Waals surface area contributed by atoms with Crippen molar-refractivity contribution in [2.45, 2.75) is 13.8 Å². The van der Waals surface area contributed by atoms with Crippen molar-refractivity contribution < 1.29 is 0 Å². The zero-order chi connectivity index (χ0) is 11.8. The molecule has 84 valence electrons. The summed E-state index contributed by atoms with van der Waals surface area (Å²) in [5.74, 6) is 0.896. The van der Waals surface area contributed by atoms with Crippen LogP contribution in [0.1, 0.15) is 11.1 Å². The lowest BCUT2D eigenvalue weighted by molar-refractivity contribution is 1.11. The number of aromatic nitrogens is 3. The van der Waals surface area contributed by atoms with Crippen LogP contribution < -0.4 is 0 Å². The van der Waals surface area contributed by atoms with Crippen LogP contribution in [0.15, 0.2) is 42.6 Å². The molecule has 0 saturated heterocycles. The number of benzene rings is 1. The summed E-state index contributed by atoms with van der Waals surface area (Å²) in [4.78, 5) is 0. The second kappa shape index (κ2) is 3.70. The molecule has 3 heteroatoms. The molecular weight excluding hydrogens is 210 g/mol. The maximum atomic E-state index is 4.28. The van der Waals surface area contributed by atoms with Gasteiger partial charge in [-0.05, 0) is 31.5 Å². The van der Waals surface area contributed by atoms with Crippen LogP contribution in [0.5, 0.6) is 0 Å². The van der Waals surface area contributed by atoms with E-state index in [1.165, 1.54) is 5.56 Å². The van der Waals surface area contributed by atoms with Gasteiger partial charge < -0.3 is 0 Å². The molecule has 3 nitrogen and oxygen atoms in total. The van der Waals surface area contributed by atoms with E-state index in [-0.39, 0.29) is 0 Å². The molecule has 0 aliphatic rings. The molecule has 3 rings (SSSR count). The van der Waals surface area contributed by atoms with Gasteiger partial charge in [-0.2, -0.15) is 0 Å². The van der Waals surface area contributed by atoms with E-state index in [0.29, 0.717) is 0 Å². The first-order valence-electron chi connectivity index (χ1n) is 5.63. The maximum Gasteiger partial charge on any atom is 0.168 e. The number of aryl methyl sites for hydroxylation is 2. The Balaban J connectivity index is 2.28. The van der Waals surface area contributed by atoms with Crippen LogP contribution >= 0.6 is 0 Å². The first-order valence-corrected chi connectivity index (χ1v) is 5.63. The fourth-order valence-electron chi connectivity index (χ4n) is 2.03. The van der Waals surface area contributed by atoms with Crippen LogP contribution in [0.3, 0.4) is 0 Å². The summed E-state index contributed by atoms with van der Waals surface area (Å²) < 4.78 is 2.03. The van der Waals surface area contributed by atoms with E-state index in [4.69, 9.17) is 0 Å². The molecule has 0 spiro atoms. The van der Waals surface area contributed by atoms with Crippen molar-refractivity contribution >= 4 is 5.65 Å². The molecule has 0 fully saturated rings. The Morgan fingerprint density at radius 2 is 1.88 bits per heavy atom. The van der Waals surface area contributed by atoms with Gasteiger partial charge in [-0.15, -0.1) is 10.2 Å². The van der Waals surface area contributed by atoms with Crippen LogP contribution in [0.2, 0.25) is 0 Å². The summed E-state index contributed by atoms with van der Waals surface area (Å²) in [5.41, 5.74) is 4.39. The molecule has 0 bridgehead atoms. The standard InChI is InChI=1S/C14H13N3/c1-10-5-3-7-12(9-10)14-16-15-13-11(2)6-4-8-17(13)14/h3-9H,1-2H3. The predicted molar refractivity (Wildman–Crippen MR) is 67.9 cm³/mol. The third-order valence-electron chi connectivity index (χ3n) is 2.91. The molecule has 0 aliphatic heterocycles. The van der Waals surface area contributed by atoms with Crippen LogP contribution in [-0.2, 0) is 0 Å². The Morgan fingerprint density at radius 3 is 2.71 bits per heavy atom. The van der Waals surface area contributed by atoms with Gasteiger partial charge >= 0.3 is 0 Å². The first kappa shape index (κ1) is 10.0. The first-order chi connectivity index (χ1) is 8.25. The molecule has 0 aliphatic carbocycles. The Bertz CT molecular complexity index is 683. The summed E-state index contributed by atoms with van der Waals surface area (Å²) in [6.07, 6.45) is 2.00. The van der Waals surface area contributed by atoms with Gasteiger partial charge in [0.1, 0.15) is 0 Å². The molecule has 0 N–H and O–H groups in total. The Kier molecular flexibility index (Phi) is 2.18. The number of fused-ring (bicyclic) bond motifs is 1. The summed E-state index contributed by atoms with van der Waals surface area (Å²) in [7, 11) is 0. The molecule has 1 aromatic carbocycles. The average molecular weight is 223 g/mol. The smallest absolute Gasteiger partial charge is 0.168 e. The van der Waals surface area contributed by atoms with Crippen molar-refractivity contribution in [3.05, 3.63) is 53.7 Å². The maximum absolute atomic E-state index is 4.28. The second-order valence-corrected chi connectivity index (χ2v) is 4.28. The second-order valence-electron chi connectivity index (χ2n) is 4.28. The molecule has 3 aromatic rings. The van der Waals surface area contributed by atoms with E-state index in [9.17, 15) is 0 Å². The average Bonchev–Trinajstić information content (AvgIpc) is 2.74. The molecule has 0 unspecified atom stereocenters. The van der Waals surface area contributed by atoms with E-state index >= 15 is 0 Å². The summed E-state index contributed by atoms with van der Waals surface area (Å²) >= 11 is 0. The minimum Gasteiger partial charge on any atom is -0.282 e. The lowest BCUT2D eigenvalue weighted by Gasteiger charge is -2.01. The third-order valence-corrected chi connectivity index (χ3v) is 2.91. The van der Waals surface area contributed by atoms with Crippen LogP contribution in [0.4, 0.5) is 0 Å². The van der Waals surface area contributed by atoms with Gasteiger partial charge in [0, 0.05) is 11.8 Å². The van der Waals surface area contributed by atoms with Crippen molar-refractivity contribution in [3.63, 3.8) is 0 Å². The van der Waals surface area contributed by atoms with Crippen LogP contribution in [-0.4, -0.2) is 14.6 Å². The fourth-order valence-corrected chi connectivity index (χ4v) is 2.03. The summed E-state index contributed by atoms with van der Waals surface area (Å²) in [5, 5.41) is 8.52. The van der Waals surface area contributed by atoms with Crippen LogP contribution in [0.25, 0.3) is 17.0 Å². The minimum atomic E-state index is 0.896. The van der Waals surface area contributed by atoms with Gasteiger partial charge in [-0.25, -0.2) is 0 Å². The highest BCUT2D eigenvalue weighted by molar-refractivity contribution is 5.61. The van der Waals surface area contributed by atoms with E-state index < -0.39 is 0 Å². The summed E-state index contributed by atoms with van der Waals surface area (Å²) in [6.45, 7) is 4.13. The van der Waals surface area contributed by atoms with E-state index in [0.717, 1.165) is 22.6 Å². The minimum absolute atomic E-state index is 0.896. The van der Waals surface area contributed by atoms with Gasteiger partial charge in [0.05, 0.1) is 0 Å². The fraction of sp³-hybridized carbons (Fsp3) is 0.143. The normalized spacial score (nSPS) is 10.9. The largest absolute Gasteiger partial charge is 0.282 e.